The molecule has 0 bridgehead atoms. The standard InChI is InChI=1S/C20H21F2N5O3/c1-25-15-11-23-17(8-5-13-3-6-14(7-4-13)30-12-16(21)22)24-18(15)27(19(25)28)20(29)26-9-2-10-26/h3-4,6-7,11,16H,2,5,8-10,12H2,1H3. The number of ether oxygens (including phenoxy) is 1. The number of halogens is 2. The van der Waals surface area contributed by atoms with Gasteiger partial charge in [-0.3, -0.25) is 4.57 Å². The zero-order valence-electron chi connectivity index (χ0n) is 16.4. The van der Waals surface area contributed by atoms with Gasteiger partial charge < -0.3 is 9.64 Å². The highest BCUT2D eigenvalue weighted by Gasteiger charge is 2.27. The van der Waals surface area contributed by atoms with E-state index >= 15 is 0 Å². The van der Waals surface area contributed by atoms with Crippen LogP contribution in [0, 0.1) is 0 Å². The predicted octanol–water partition coefficient (Wildman–Crippen LogP) is 2.23. The summed E-state index contributed by atoms with van der Waals surface area (Å²) in [6, 6.07) is 6.52. The number of likely N-dealkylation sites (tertiary alicyclic amines) is 1. The number of alkyl halides is 2. The van der Waals surface area contributed by atoms with E-state index in [1.165, 1.54) is 4.57 Å². The van der Waals surface area contributed by atoms with Crippen LogP contribution in [0.2, 0.25) is 0 Å². The number of fused-ring (bicyclic) bond motifs is 1. The molecule has 2 aromatic heterocycles. The lowest BCUT2D eigenvalue weighted by Gasteiger charge is -2.30. The number of carbonyl (C=O) groups is 1. The van der Waals surface area contributed by atoms with E-state index in [1.807, 2.05) is 0 Å². The summed E-state index contributed by atoms with van der Waals surface area (Å²) < 4.78 is 31.9. The van der Waals surface area contributed by atoms with Gasteiger partial charge in [-0.25, -0.2) is 28.3 Å². The van der Waals surface area contributed by atoms with Gasteiger partial charge in [0.15, 0.2) is 5.65 Å². The second-order valence-corrected chi connectivity index (χ2v) is 7.14. The third kappa shape index (κ3) is 3.89. The molecular weight excluding hydrogens is 396 g/mol. The number of aryl methyl sites for hydroxylation is 3. The van der Waals surface area contributed by atoms with Gasteiger partial charge in [-0.05, 0) is 30.5 Å². The van der Waals surface area contributed by atoms with Crippen molar-refractivity contribution in [2.45, 2.75) is 25.7 Å². The van der Waals surface area contributed by atoms with Crippen LogP contribution in [-0.4, -0.2) is 56.2 Å². The van der Waals surface area contributed by atoms with Gasteiger partial charge in [-0.15, -0.1) is 0 Å². The summed E-state index contributed by atoms with van der Waals surface area (Å²) >= 11 is 0. The Morgan fingerprint density at radius 1 is 1.20 bits per heavy atom. The molecule has 3 aromatic rings. The summed E-state index contributed by atoms with van der Waals surface area (Å²) in [6.45, 7) is 0.634. The Kier molecular flexibility index (Phi) is 5.47. The minimum Gasteiger partial charge on any atom is -0.488 e. The Morgan fingerprint density at radius 2 is 1.93 bits per heavy atom. The summed E-state index contributed by atoms with van der Waals surface area (Å²) in [4.78, 5) is 35.6. The zero-order valence-corrected chi connectivity index (χ0v) is 16.4. The number of imidazole rings is 1. The second-order valence-electron chi connectivity index (χ2n) is 7.14. The highest BCUT2D eigenvalue weighted by Crippen LogP contribution is 2.16. The average Bonchev–Trinajstić information content (AvgIpc) is 2.94. The van der Waals surface area contributed by atoms with Crippen molar-refractivity contribution in [1.82, 2.24) is 24.0 Å². The van der Waals surface area contributed by atoms with Crippen molar-refractivity contribution in [3.8, 4) is 5.75 Å². The van der Waals surface area contributed by atoms with Crippen LogP contribution in [0.4, 0.5) is 13.6 Å². The molecule has 8 nitrogen and oxygen atoms in total. The lowest BCUT2D eigenvalue weighted by molar-refractivity contribution is 0.0819. The van der Waals surface area contributed by atoms with Crippen molar-refractivity contribution >= 4 is 17.2 Å². The first-order valence-electron chi connectivity index (χ1n) is 9.66. The van der Waals surface area contributed by atoms with Gasteiger partial charge in [-0.1, -0.05) is 12.1 Å². The lowest BCUT2D eigenvalue weighted by Crippen LogP contribution is -2.47. The van der Waals surface area contributed by atoms with Gasteiger partial charge in [0.1, 0.15) is 23.7 Å². The van der Waals surface area contributed by atoms with Gasteiger partial charge in [0.05, 0.1) is 6.20 Å². The highest BCUT2D eigenvalue weighted by molar-refractivity contribution is 5.87. The summed E-state index contributed by atoms with van der Waals surface area (Å²) in [5.41, 5.74) is 1.33. The molecule has 0 atom stereocenters. The topological polar surface area (TPSA) is 82.2 Å². The molecule has 1 fully saturated rings. The van der Waals surface area contributed by atoms with Crippen molar-refractivity contribution in [3.05, 3.63) is 52.3 Å². The SMILES string of the molecule is Cn1c(=O)n(C(=O)N2CCC2)c2nc(CCc3ccc(OCC(F)F)cc3)ncc21. The third-order valence-corrected chi connectivity index (χ3v) is 5.11. The Morgan fingerprint density at radius 3 is 2.57 bits per heavy atom. The Bertz CT molecular complexity index is 1120. The Balaban J connectivity index is 1.51. The molecule has 4 rings (SSSR count). The van der Waals surface area contributed by atoms with Crippen LogP contribution in [0.15, 0.2) is 35.3 Å². The number of rotatable bonds is 6. The maximum atomic E-state index is 12.6. The van der Waals surface area contributed by atoms with E-state index in [2.05, 4.69) is 9.97 Å². The molecule has 0 saturated carbocycles. The molecule has 158 valence electrons. The van der Waals surface area contributed by atoms with Crippen molar-refractivity contribution in [2.75, 3.05) is 19.7 Å². The van der Waals surface area contributed by atoms with Gasteiger partial charge in [-0.2, -0.15) is 4.57 Å². The molecule has 1 amide bonds. The third-order valence-electron chi connectivity index (χ3n) is 5.11. The zero-order chi connectivity index (χ0) is 21.3. The van der Waals surface area contributed by atoms with Crippen LogP contribution < -0.4 is 10.4 Å². The van der Waals surface area contributed by atoms with Crippen LogP contribution >= 0.6 is 0 Å². The van der Waals surface area contributed by atoms with Crippen LogP contribution in [0.5, 0.6) is 5.75 Å². The molecule has 0 unspecified atom stereocenters. The van der Waals surface area contributed by atoms with Gasteiger partial charge in [0, 0.05) is 26.6 Å². The van der Waals surface area contributed by atoms with E-state index in [0.717, 1.165) is 16.6 Å². The Labute approximate surface area is 170 Å². The monoisotopic (exact) mass is 417 g/mol. The first-order chi connectivity index (χ1) is 14.4. The van der Waals surface area contributed by atoms with Gasteiger partial charge in [0.2, 0.25) is 0 Å². The number of carbonyl (C=O) groups excluding carboxylic acids is 1. The number of hydrogen-bond acceptors (Lipinski definition) is 5. The van der Waals surface area contributed by atoms with Crippen LogP contribution in [0.3, 0.4) is 0 Å². The molecule has 0 radical (unpaired) electrons. The van der Waals surface area contributed by atoms with Crippen molar-refractivity contribution in [2.24, 2.45) is 7.05 Å². The van der Waals surface area contributed by atoms with E-state index in [0.29, 0.717) is 48.7 Å². The first-order valence-corrected chi connectivity index (χ1v) is 9.66. The van der Waals surface area contributed by atoms with E-state index in [4.69, 9.17) is 4.74 Å². The fourth-order valence-electron chi connectivity index (χ4n) is 3.26. The lowest BCUT2D eigenvalue weighted by atomic mass is 10.1. The number of nitrogens with zero attached hydrogens (tertiary/aromatic N) is 5. The fourth-order valence-corrected chi connectivity index (χ4v) is 3.26. The molecule has 1 aliphatic rings. The van der Waals surface area contributed by atoms with Gasteiger partial charge in [0.25, 0.3) is 6.43 Å². The maximum Gasteiger partial charge on any atom is 0.338 e. The minimum atomic E-state index is -2.51. The summed E-state index contributed by atoms with van der Waals surface area (Å²) in [5.74, 6) is 0.894. The molecule has 1 aliphatic heterocycles. The first kappa shape index (κ1) is 20.0. The smallest absolute Gasteiger partial charge is 0.338 e. The van der Waals surface area contributed by atoms with E-state index < -0.39 is 18.7 Å². The van der Waals surface area contributed by atoms with E-state index in [1.54, 1.807) is 42.4 Å². The fraction of sp³-hybridized carbons (Fsp3) is 0.400. The molecule has 0 spiro atoms. The number of aromatic nitrogens is 4. The largest absolute Gasteiger partial charge is 0.488 e. The molecule has 30 heavy (non-hydrogen) atoms. The second kappa shape index (κ2) is 8.21. The quantitative estimate of drug-likeness (QED) is 0.614. The summed E-state index contributed by atoms with van der Waals surface area (Å²) in [6.07, 6.45) is 1.07. The van der Waals surface area contributed by atoms with Crippen molar-refractivity contribution < 1.29 is 18.3 Å². The number of hydrogen-bond donors (Lipinski definition) is 0. The molecule has 1 saturated heterocycles. The normalized spacial score (nSPS) is 13.7. The molecule has 1 aromatic carbocycles. The summed E-state index contributed by atoms with van der Waals surface area (Å²) in [7, 11) is 1.59. The van der Waals surface area contributed by atoms with Gasteiger partial charge >= 0.3 is 11.7 Å². The number of amides is 1. The van der Waals surface area contributed by atoms with E-state index in [-0.39, 0.29) is 6.03 Å². The van der Waals surface area contributed by atoms with Crippen molar-refractivity contribution in [1.29, 1.82) is 0 Å². The minimum absolute atomic E-state index is 0.306. The van der Waals surface area contributed by atoms with Crippen LogP contribution in [0.25, 0.3) is 11.2 Å². The maximum absolute atomic E-state index is 12.6. The van der Waals surface area contributed by atoms with Crippen LogP contribution in [-0.2, 0) is 19.9 Å². The highest BCUT2D eigenvalue weighted by atomic mass is 19.3. The Hall–Kier alpha value is -3.30. The molecular formula is C20H21F2N5O3. The number of benzene rings is 1. The average molecular weight is 417 g/mol. The van der Waals surface area contributed by atoms with Crippen LogP contribution in [0.1, 0.15) is 17.8 Å². The molecule has 0 N–H and O–H groups in total. The van der Waals surface area contributed by atoms with Crippen molar-refractivity contribution in [3.63, 3.8) is 0 Å². The predicted molar refractivity (Wildman–Crippen MR) is 105 cm³/mol. The summed E-state index contributed by atoms with van der Waals surface area (Å²) in [5, 5.41) is 0. The molecule has 0 aliphatic carbocycles. The van der Waals surface area contributed by atoms with E-state index in [9.17, 15) is 18.4 Å². The molecule has 3 heterocycles. The molecule has 10 heteroatoms.